The van der Waals surface area contributed by atoms with Crippen LogP contribution in [0.1, 0.15) is 24.8 Å². The maximum atomic E-state index is 11.2. The van der Waals surface area contributed by atoms with Crippen LogP contribution in [-0.4, -0.2) is 15.9 Å². The van der Waals surface area contributed by atoms with E-state index in [9.17, 15) is 4.79 Å². The van der Waals surface area contributed by atoms with Crippen LogP contribution < -0.4 is 0 Å². The molecular weight excluding hydrogens is 224 g/mol. The number of nitrogens with zero attached hydrogens (tertiary/aromatic N) is 2. The molecular formula is C12H11ClN2O. The van der Waals surface area contributed by atoms with Crippen molar-refractivity contribution in [2.24, 2.45) is 0 Å². The van der Waals surface area contributed by atoms with E-state index in [1.54, 1.807) is 10.7 Å². The Labute approximate surface area is 98.0 Å². The van der Waals surface area contributed by atoms with Crippen molar-refractivity contribution in [2.45, 2.75) is 24.7 Å². The van der Waals surface area contributed by atoms with E-state index in [0.29, 0.717) is 5.02 Å². The van der Waals surface area contributed by atoms with Gasteiger partial charge in [0.1, 0.15) is 6.29 Å². The highest BCUT2D eigenvalue weighted by atomic mass is 35.5. The van der Waals surface area contributed by atoms with E-state index >= 15 is 0 Å². The summed E-state index contributed by atoms with van der Waals surface area (Å²) in [6.45, 7) is 0. The first-order chi connectivity index (χ1) is 7.75. The molecule has 0 bridgehead atoms. The molecule has 3 nitrogen and oxygen atoms in total. The fraction of sp³-hybridized carbons (Fsp3) is 0.333. The highest BCUT2D eigenvalue weighted by Crippen LogP contribution is 2.41. The molecule has 2 heterocycles. The Morgan fingerprint density at radius 2 is 2.25 bits per heavy atom. The fourth-order valence-electron chi connectivity index (χ4n) is 2.28. The highest BCUT2D eigenvalue weighted by molar-refractivity contribution is 6.33. The van der Waals surface area contributed by atoms with Crippen LogP contribution in [0.25, 0.3) is 5.52 Å². The van der Waals surface area contributed by atoms with Gasteiger partial charge in [0.2, 0.25) is 0 Å². The van der Waals surface area contributed by atoms with Crippen molar-refractivity contribution in [1.29, 1.82) is 0 Å². The van der Waals surface area contributed by atoms with E-state index in [0.717, 1.165) is 36.6 Å². The van der Waals surface area contributed by atoms with Crippen molar-refractivity contribution in [2.75, 3.05) is 0 Å². The molecule has 0 N–H and O–H groups in total. The monoisotopic (exact) mass is 234 g/mol. The van der Waals surface area contributed by atoms with Crippen LogP contribution >= 0.6 is 11.6 Å². The predicted molar refractivity (Wildman–Crippen MR) is 61.8 cm³/mol. The first-order valence-corrected chi connectivity index (χ1v) is 5.73. The van der Waals surface area contributed by atoms with Gasteiger partial charge < -0.3 is 4.79 Å². The molecule has 1 fully saturated rings. The number of carbonyl (C=O) groups is 1. The number of fused-ring (bicyclic) bond motifs is 1. The predicted octanol–water partition coefficient (Wildman–Crippen LogP) is 2.61. The molecule has 0 aliphatic heterocycles. The summed E-state index contributed by atoms with van der Waals surface area (Å²) >= 11 is 5.97. The van der Waals surface area contributed by atoms with Crippen LogP contribution in [0.15, 0.2) is 24.5 Å². The molecule has 1 aliphatic carbocycles. The highest BCUT2D eigenvalue weighted by Gasteiger charge is 2.38. The molecule has 0 aromatic carbocycles. The molecule has 0 unspecified atom stereocenters. The van der Waals surface area contributed by atoms with Crippen LogP contribution in [0, 0.1) is 0 Å². The molecule has 1 saturated carbocycles. The lowest BCUT2D eigenvalue weighted by molar-refractivity contribution is -0.115. The zero-order valence-corrected chi connectivity index (χ0v) is 9.44. The topological polar surface area (TPSA) is 34.4 Å². The number of carbonyl (C=O) groups excluding carboxylic acids is 1. The molecule has 4 heteroatoms. The van der Waals surface area contributed by atoms with Gasteiger partial charge in [-0.15, -0.1) is 0 Å². The second-order valence-electron chi connectivity index (χ2n) is 4.37. The van der Waals surface area contributed by atoms with Gasteiger partial charge in [0, 0.05) is 6.20 Å². The Bertz CT molecular complexity index is 557. The van der Waals surface area contributed by atoms with Crippen molar-refractivity contribution < 1.29 is 4.79 Å². The fourth-order valence-corrected chi connectivity index (χ4v) is 2.47. The van der Waals surface area contributed by atoms with Crippen molar-refractivity contribution in [3.8, 4) is 0 Å². The standard InChI is InChI=1S/C12H11ClN2O/c13-10-6-14-15-7-9(2-3-11(10)15)12(8-16)4-1-5-12/h2-3,6-8H,1,4-5H2. The Morgan fingerprint density at radius 3 is 2.88 bits per heavy atom. The minimum absolute atomic E-state index is 0.271. The summed E-state index contributed by atoms with van der Waals surface area (Å²) < 4.78 is 1.74. The zero-order valence-electron chi connectivity index (χ0n) is 8.69. The molecule has 16 heavy (non-hydrogen) atoms. The van der Waals surface area contributed by atoms with Crippen molar-refractivity contribution >= 4 is 23.4 Å². The molecule has 3 rings (SSSR count). The van der Waals surface area contributed by atoms with Crippen LogP contribution in [0.4, 0.5) is 0 Å². The molecule has 2 aromatic heterocycles. The third-order valence-corrected chi connectivity index (χ3v) is 3.81. The van der Waals surface area contributed by atoms with Gasteiger partial charge in [-0.1, -0.05) is 24.1 Å². The van der Waals surface area contributed by atoms with E-state index < -0.39 is 0 Å². The second kappa shape index (κ2) is 3.32. The smallest absolute Gasteiger partial charge is 0.130 e. The van der Waals surface area contributed by atoms with Gasteiger partial charge in [0.25, 0.3) is 0 Å². The van der Waals surface area contributed by atoms with Gasteiger partial charge in [-0.3, -0.25) is 0 Å². The summed E-state index contributed by atoms with van der Waals surface area (Å²) in [5.74, 6) is 0. The molecule has 0 atom stereocenters. The quantitative estimate of drug-likeness (QED) is 0.749. The Morgan fingerprint density at radius 1 is 1.44 bits per heavy atom. The van der Waals surface area contributed by atoms with Crippen LogP contribution in [0.3, 0.4) is 0 Å². The van der Waals surface area contributed by atoms with E-state index in [1.165, 1.54) is 0 Å². The number of pyridine rings is 1. The summed E-state index contributed by atoms with van der Waals surface area (Å²) in [6, 6.07) is 3.91. The normalized spacial score (nSPS) is 18.3. The maximum Gasteiger partial charge on any atom is 0.130 e. The molecule has 0 spiro atoms. The molecule has 2 aromatic rings. The SMILES string of the molecule is O=CC1(c2ccc3c(Cl)cnn3c2)CCC1. The Kier molecular flexibility index (Phi) is 2.04. The molecule has 0 radical (unpaired) electrons. The first kappa shape index (κ1) is 9.85. The minimum atomic E-state index is -0.271. The van der Waals surface area contributed by atoms with Crippen LogP contribution in [0.2, 0.25) is 5.02 Å². The zero-order chi connectivity index (χ0) is 11.2. The lowest BCUT2D eigenvalue weighted by Gasteiger charge is -2.36. The van der Waals surface area contributed by atoms with Gasteiger partial charge in [0.15, 0.2) is 0 Å². The third kappa shape index (κ3) is 1.21. The van der Waals surface area contributed by atoms with Gasteiger partial charge in [0.05, 0.1) is 22.2 Å². The Hall–Kier alpha value is -1.35. The van der Waals surface area contributed by atoms with E-state index in [1.807, 2.05) is 18.3 Å². The minimum Gasteiger partial charge on any atom is -0.302 e. The van der Waals surface area contributed by atoms with E-state index in [2.05, 4.69) is 5.10 Å². The second-order valence-corrected chi connectivity index (χ2v) is 4.77. The molecule has 1 aliphatic rings. The molecule has 82 valence electrons. The lowest BCUT2D eigenvalue weighted by atomic mass is 9.66. The first-order valence-electron chi connectivity index (χ1n) is 5.35. The largest absolute Gasteiger partial charge is 0.302 e. The average molecular weight is 235 g/mol. The number of aromatic nitrogens is 2. The number of halogens is 1. The van der Waals surface area contributed by atoms with E-state index in [-0.39, 0.29) is 5.41 Å². The van der Waals surface area contributed by atoms with Crippen LogP contribution in [-0.2, 0) is 10.2 Å². The molecule has 0 amide bonds. The van der Waals surface area contributed by atoms with Gasteiger partial charge in [-0.25, -0.2) is 4.52 Å². The van der Waals surface area contributed by atoms with E-state index in [4.69, 9.17) is 11.6 Å². The molecule has 0 saturated heterocycles. The summed E-state index contributed by atoms with van der Waals surface area (Å²) in [5.41, 5.74) is 1.65. The van der Waals surface area contributed by atoms with Crippen LogP contribution in [0.5, 0.6) is 0 Å². The summed E-state index contributed by atoms with van der Waals surface area (Å²) in [4.78, 5) is 11.2. The summed E-state index contributed by atoms with van der Waals surface area (Å²) in [5, 5.41) is 4.79. The van der Waals surface area contributed by atoms with Gasteiger partial charge in [-0.05, 0) is 24.5 Å². The van der Waals surface area contributed by atoms with Gasteiger partial charge in [-0.2, -0.15) is 5.10 Å². The lowest BCUT2D eigenvalue weighted by Crippen LogP contribution is -2.35. The van der Waals surface area contributed by atoms with Crippen molar-refractivity contribution in [1.82, 2.24) is 9.61 Å². The average Bonchev–Trinajstić information content (AvgIpc) is 2.60. The van der Waals surface area contributed by atoms with Crippen molar-refractivity contribution in [3.05, 3.63) is 35.1 Å². The number of rotatable bonds is 2. The summed E-state index contributed by atoms with van der Waals surface area (Å²) in [7, 11) is 0. The van der Waals surface area contributed by atoms with Gasteiger partial charge >= 0.3 is 0 Å². The maximum absolute atomic E-state index is 11.2. The third-order valence-electron chi connectivity index (χ3n) is 3.52. The number of hydrogen-bond donors (Lipinski definition) is 0. The van der Waals surface area contributed by atoms with Crippen molar-refractivity contribution in [3.63, 3.8) is 0 Å². The Balaban J connectivity index is 2.14. The summed E-state index contributed by atoms with van der Waals surface area (Å²) in [6.07, 6.45) is 7.61. The number of hydrogen-bond acceptors (Lipinski definition) is 2. The number of aldehydes is 1.